The van der Waals surface area contributed by atoms with Gasteiger partial charge in [-0.2, -0.15) is 0 Å². The monoisotopic (exact) mass is 370 g/mol. The largest absolute Gasteiger partial charge is 0.481 e. The molecule has 110 valence electrons. The molecular formula is C13H11BrN2O4S. The molecule has 0 spiro atoms. The Balaban J connectivity index is 2.55. The van der Waals surface area contributed by atoms with Crippen LogP contribution in [0.15, 0.2) is 33.8 Å². The van der Waals surface area contributed by atoms with Crippen molar-refractivity contribution in [1.29, 1.82) is 0 Å². The minimum absolute atomic E-state index is 0.0698. The Kier molecular flexibility index (Phi) is 4.79. The normalized spacial score (nSPS) is 12.3. The molecule has 6 nitrogen and oxygen atoms in total. The number of nitro groups is 1. The standard InChI is InChI=1S/C13H11BrN2O4S/c1-7(4-12(17)18)21-13-9-5-8(14)2-3-10(9)15-6-11(13)16(19)20/h2-3,5-7H,4H2,1H3,(H,17,18). The van der Waals surface area contributed by atoms with Crippen molar-refractivity contribution in [2.24, 2.45) is 0 Å². The minimum atomic E-state index is -0.933. The molecule has 0 radical (unpaired) electrons. The van der Waals surface area contributed by atoms with Crippen molar-refractivity contribution in [3.8, 4) is 0 Å². The van der Waals surface area contributed by atoms with E-state index in [9.17, 15) is 14.9 Å². The Labute approximate surface area is 132 Å². The van der Waals surface area contributed by atoms with E-state index >= 15 is 0 Å². The van der Waals surface area contributed by atoms with E-state index in [0.717, 1.165) is 4.47 Å². The Morgan fingerprint density at radius 3 is 2.90 bits per heavy atom. The predicted octanol–water partition coefficient (Wildman–Crippen LogP) is 3.86. The SMILES string of the molecule is CC(CC(=O)O)Sc1c([N+](=O)[O-])cnc2ccc(Br)cc12. The Hall–Kier alpha value is -1.67. The van der Waals surface area contributed by atoms with Gasteiger partial charge in [0.05, 0.1) is 21.8 Å². The van der Waals surface area contributed by atoms with Gasteiger partial charge in [-0.3, -0.25) is 14.9 Å². The van der Waals surface area contributed by atoms with Gasteiger partial charge in [0.2, 0.25) is 0 Å². The number of thioether (sulfide) groups is 1. The molecule has 1 N–H and O–H groups in total. The van der Waals surface area contributed by atoms with Gasteiger partial charge in [-0.25, -0.2) is 4.98 Å². The van der Waals surface area contributed by atoms with Crippen LogP contribution in [0.25, 0.3) is 10.9 Å². The second kappa shape index (κ2) is 6.40. The molecule has 2 rings (SSSR count). The zero-order chi connectivity index (χ0) is 15.6. The fourth-order valence-electron chi connectivity index (χ4n) is 1.87. The molecule has 1 unspecified atom stereocenters. The molecule has 0 saturated heterocycles. The fraction of sp³-hybridized carbons (Fsp3) is 0.231. The van der Waals surface area contributed by atoms with Crippen LogP contribution >= 0.6 is 27.7 Å². The van der Waals surface area contributed by atoms with Gasteiger partial charge in [0.25, 0.3) is 0 Å². The van der Waals surface area contributed by atoms with E-state index < -0.39 is 10.9 Å². The maximum absolute atomic E-state index is 11.2. The maximum Gasteiger partial charge on any atom is 0.304 e. The number of benzene rings is 1. The molecule has 0 bridgehead atoms. The zero-order valence-corrected chi connectivity index (χ0v) is 13.3. The first kappa shape index (κ1) is 15.7. The van der Waals surface area contributed by atoms with Crippen LogP contribution in [-0.4, -0.2) is 26.2 Å². The van der Waals surface area contributed by atoms with E-state index in [4.69, 9.17) is 5.11 Å². The number of aliphatic carboxylic acids is 1. The number of carboxylic acid groups (broad SMARTS) is 1. The zero-order valence-electron chi connectivity index (χ0n) is 10.9. The summed E-state index contributed by atoms with van der Waals surface area (Å²) in [6, 6.07) is 5.32. The molecule has 0 fully saturated rings. The summed E-state index contributed by atoms with van der Waals surface area (Å²) in [5.41, 5.74) is 0.525. The van der Waals surface area contributed by atoms with Gasteiger partial charge >= 0.3 is 11.7 Å². The van der Waals surface area contributed by atoms with Gasteiger partial charge in [0, 0.05) is 15.1 Å². The van der Waals surface area contributed by atoms with Crippen LogP contribution in [0.5, 0.6) is 0 Å². The maximum atomic E-state index is 11.2. The summed E-state index contributed by atoms with van der Waals surface area (Å²) in [6.07, 6.45) is 1.14. The van der Waals surface area contributed by atoms with E-state index in [1.807, 2.05) is 0 Å². The highest BCUT2D eigenvalue weighted by Gasteiger charge is 2.22. The van der Waals surface area contributed by atoms with E-state index in [1.165, 1.54) is 18.0 Å². The van der Waals surface area contributed by atoms with Crippen LogP contribution in [0.1, 0.15) is 13.3 Å². The number of pyridine rings is 1. The number of nitrogens with zero attached hydrogens (tertiary/aromatic N) is 2. The van der Waals surface area contributed by atoms with Crippen LogP contribution in [0, 0.1) is 10.1 Å². The lowest BCUT2D eigenvalue weighted by atomic mass is 10.2. The average Bonchev–Trinajstić information content (AvgIpc) is 2.38. The third-order valence-electron chi connectivity index (χ3n) is 2.74. The van der Waals surface area contributed by atoms with E-state index in [1.54, 1.807) is 25.1 Å². The van der Waals surface area contributed by atoms with Crippen LogP contribution < -0.4 is 0 Å². The number of fused-ring (bicyclic) bond motifs is 1. The molecule has 0 aliphatic carbocycles. The number of aromatic nitrogens is 1. The first-order valence-corrected chi connectivity index (χ1v) is 7.67. The summed E-state index contributed by atoms with van der Waals surface area (Å²) >= 11 is 4.52. The molecule has 0 saturated carbocycles. The molecule has 21 heavy (non-hydrogen) atoms. The van der Waals surface area contributed by atoms with Crippen LogP contribution in [-0.2, 0) is 4.79 Å². The molecule has 8 heteroatoms. The molecule has 1 aromatic carbocycles. The quantitative estimate of drug-likeness (QED) is 0.487. The molecule has 0 amide bonds. The van der Waals surface area contributed by atoms with Gasteiger partial charge < -0.3 is 5.11 Å². The van der Waals surface area contributed by atoms with E-state index in [-0.39, 0.29) is 17.4 Å². The van der Waals surface area contributed by atoms with Crippen molar-refractivity contribution in [3.63, 3.8) is 0 Å². The van der Waals surface area contributed by atoms with Gasteiger partial charge in [0.15, 0.2) is 0 Å². The highest BCUT2D eigenvalue weighted by atomic mass is 79.9. The van der Waals surface area contributed by atoms with E-state index in [0.29, 0.717) is 15.8 Å². The Morgan fingerprint density at radius 1 is 1.57 bits per heavy atom. The molecular weight excluding hydrogens is 360 g/mol. The van der Waals surface area contributed by atoms with Gasteiger partial charge in [-0.15, -0.1) is 11.8 Å². The number of halogens is 1. The molecule has 2 aromatic rings. The number of rotatable bonds is 5. The highest BCUT2D eigenvalue weighted by molar-refractivity contribution is 9.10. The summed E-state index contributed by atoms with van der Waals surface area (Å²) in [4.78, 5) is 26.0. The average molecular weight is 371 g/mol. The smallest absolute Gasteiger partial charge is 0.304 e. The highest BCUT2D eigenvalue weighted by Crippen LogP contribution is 2.38. The second-order valence-electron chi connectivity index (χ2n) is 4.42. The number of carbonyl (C=O) groups is 1. The van der Waals surface area contributed by atoms with Crippen molar-refractivity contribution in [2.75, 3.05) is 0 Å². The molecule has 1 atom stereocenters. The topological polar surface area (TPSA) is 93.3 Å². The predicted molar refractivity (Wildman–Crippen MR) is 83.7 cm³/mol. The summed E-state index contributed by atoms with van der Waals surface area (Å²) in [6.45, 7) is 1.73. The number of hydrogen-bond acceptors (Lipinski definition) is 5. The molecule has 0 aliphatic rings. The fourth-order valence-corrected chi connectivity index (χ4v) is 3.40. The summed E-state index contributed by atoms with van der Waals surface area (Å²) in [5.74, 6) is -0.933. The second-order valence-corrected chi connectivity index (χ2v) is 6.78. The van der Waals surface area contributed by atoms with Crippen molar-refractivity contribution >= 4 is 50.3 Å². The van der Waals surface area contributed by atoms with Crippen molar-refractivity contribution in [3.05, 3.63) is 39.0 Å². The molecule has 1 aromatic heterocycles. The van der Waals surface area contributed by atoms with Gasteiger partial charge in [-0.1, -0.05) is 22.9 Å². The molecule has 1 heterocycles. The first-order valence-electron chi connectivity index (χ1n) is 5.99. The van der Waals surface area contributed by atoms with Crippen molar-refractivity contribution in [1.82, 2.24) is 4.98 Å². The molecule has 0 aliphatic heterocycles. The van der Waals surface area contributed by atoms with E-state index in [2.05, 4.69) is 20.9 Å². The lowest BCUT2D eigenvalue weighted by molar-refractivity contribution is -0.387. The van der Waals surface area contributed by atoms with Gasteiger partial charge in [-0.05, 0) is 18.2 Å². The lowest BCUT2D eigenvalue weighted by Crippen LogP contribution is -2.06. The van der Waals surface area contributed by atoms with Gasteiger partial charge in [0.1, 0.15) is 6.20 Å². The van der Waals surface area contributed by atoms with Crippen LogP contribution in [0.2, 0.25) is 0 Å². The summed E-state index contributed by atoms with van der Waals surface area (Å²) in [5, 5.41) is 20.4. The van der Waals surface area contributed by atoms with Crippen molar-refractivity contribution in [2.45, 2.75) is 23.5 Å². The van der Waals surface area contributed by atoms with Crippen LogP contribution in [0.4, 0.5) is 5.69 Å². The third-order valence-corrected chi connectivity index (χ3v) is 4.47. The van der Waals surface area contributed by atoms with Crippen LogP contribution in [0.3, 0.4) is 0 Å². The first-order chi connectivity index (χ1) is 9.88. The minimum Gasteiger partial charge on any atom is -0.481 e. The summed E-state index contributed by atoms with van der Waals surface area (Å²) < 4.78 is 0.782. The van der Waals surface area contributed by atoms with Crippen molar-refractivity contribution < 1.29 is 14.8 Å². The Morgan fingerprint density at radius 2 is 2.29 bits per heavy atom. The summed E-state index contributed by atoms with van der Waals surface area (Å²) in [7, 11) is 0. The Bertz CT molecular complexity index is 723. The number of hydrogen-bond donors (Lipinski definition) is 1. The number of carboxylic acids is 1. The third kappa shape index (κ3) is 3.70. The lowest BCUT2D eigenvalue weighted by Gasteiger charge is -2.11.